The van der Waals surface area contributed by atoms with Crippen LogP contribution in [0.25, 0.3) is 10.2 Å². The second kappa shape index (κ2) is 7.86. The monoisotopic (exact) mass is 464 g/mol. The highest BCUT2D eigenvalue weighted by Gasteiger charge is 2.47. The summed E-state index contributed by atoms with van der Waals surface area (Å²) in [6.45, 7) is 1.69. The number of amides is 1. The van der Waals surface area contributed by atoms with Gasteiger partial charge in [-0.05, 0) is 43.3 Å². The summed E-state index contributed by atoms with van der Waals surface area (Å²) in [5.74, 6) is -1.62. The molecule has 1 N–H and O–H groups in total. The molecule has 0 unspecified atom stereocenters. The third-order valence-corrected chi connectivity index (χ3v) is 6.41. The molecule has 0 saturated carbocycles. The number of para-hydroxylation sites is 1. The number of nitrogens with zero attached hydrogens (tertiary/aromatic N) is 2. The van der Waals surface area contributed by atoms with Crippen LogP contribution in [0, 0.1) is 12.7 Å². The lowest BCUT2D eigenvalue weighted by molar-refractivity contribution is -0.117. The number of aryl methyl sites for hydroxylation is 1. The van der Waals surface area contributed by atoms with E-state index >= 15 is 0 Å². The molecule has 2 aromatic heterocycles. The van der Waals surface area contributed by atoms with Crippen molar-refractivity contribution in [3.8, 4) is 5.75 Å². The number of thiazole rings is 1. The van der Waals surface area contributed by atoms with Gasteiger partial charge < -0.3 is 14.3 Å². The summed E-state index contributed by atoms with van der Waals surface area (Å²) < 4.78 is 25.2. The largest absolute Gasteiger partial charge is 0.503 e. The van der Waals surface area contributed by atoms with Crippen molar-refractivity contribution in [1.29, 1.82) is 0 Å². The number of hydrogen-bond acceptors (Lipinski definition) is 7. The van der Waals surface area contributed by atoms with Crippen LogP contribution in [0.4, 0.5) is 9.52 Å². The molecule has 0 spiro atoms. The maximum Gasteiger partial charge on any atom is 0.296 e. The van der Waals surface area contributed by atoms with Gasteiger partial charge in [0.05, 0.1) is 22.9 Å². The number of carbonyl (C=O) groups is 2. The molecule has 166 valence electrons. The number of rotatable bonds is 5. The summed E-state index contributed by atoms with van der Waals surface area (Å²) in [5.41, 5.74) is 0.822. The minimum Gasteiger partial charge on any atom is -0.503 e. The van der Waals surface area contributed by atoms with Gasteiger partial charge in [-0.1, -0.05) is 29.5 Å². The zero-order valence-corrected chi connectivity index (χ0v) is 18.4. The lowest BCUT2D eigenvalue weighted by atomic mass is 9.94. The topological polar surface area (TPSA) is 92.9 Å². The molecule has 1 aliphatic rings. The number of fused-ring (bicyclic) bond motifs is 1. The first-order valence-electron chi connectivity index (χ1n) is 9.96. The Morgan fingerprint density at radius 1 is 1.21 bits per heavy atom. The van der Waals surface area contributed by atoms with Crippen molar-refractivity contribution in [3.63, 3.8) is 0 Å². The zero-order chi connectivity index (χ0) is 23.3. The van der Waals surface area contributed by atoms with Crippen molar-refractivity contribution in [2.75, 3.05) is 12.0 Å². The van der Waals surface area contributed by atoms with Crippen molar-refractivity contribution in [3.05, 3.63) is 88.8 Å². The molecule has 0 fully saturated rings. The zero-order valence-electron chi connectivity index (χ0n) is 17.5. The number of ether oxygens (including phenoxy) is 1. The second-order valence-corrected chi connectivity index (χ2v) is 8.44. The van der Waals surface area contributed by atoms with Gasteiger partial charge in [-0.25, -0.2) is 9.37 Å². The van der Waals surface area contributed by atoms with Crippen LogP contribution in [-0.2, 0) is 4.79 Å². The molecule has 0 radical (unpaired) electrons. The van der Waals surface area contributed by atoms with E-state index in [4.69, 9.17) is 9.15 Å². The smallest absolute Gasteiger partial charge is 0.296 e. The molecule has 1 aliphatic heterocycles. The van der Waals surface area contributed by atoms with E-state index in [-0.39, 0.29) is 16.5 Å². The van der Waals surface area contributed by atoms with E-state index in [0.717, 1.165) is 11.3 Å². The number of aliphatic hydroxyl groups excluding tert-OH is 1. The van der Waals surface area contributed by atoms with E-state index in [0.29, 0.717) is 27.3 Å². The van der Waals surface area contributed by atoms with Crippen LogP contribution < -0.4 is 9.64 Å². The van der Waals surface area contributed by atoms with Gasteiger partial charge in [0.25, 0.3) is 5.91 Å². The highest BCUT2D eigenvalue weighted by atomic mass is 32.1. The highest BCUT2D eigenvalue weighted by molar-refractivity contribution is 7.22. The van der Waals surface area contributed by atoms with Gasteiger partial charge >= 0.3 is 0 Å². The summed E-state index contributed by atoms with van der Waals surface area (Å²) in [7, 11) is 1.47. The van der Waals surface area contributed by atoms with Gasteiger partial charge in [0, 0.05) is 5.56 Å². The van der Waals surface area contributed by atoms with E-state index in [9.17, 15) is 19.1 Å². The molecule has 0 saturated heterocycles. The predicted octanol–water partition coefficient (Wildman–Crippen LogP) is 5.13. The molecule has 0 aliphatic carbocycles. The Labute approximate surface area is 191 Å². The molecule has 5 rings (SSSR count). The highest BCUT2D eigenvalue weighted by Crippen LogP contribution is 2.46. The third kappa shape index (κ3) is 3.37. The number of aromatic nitrogens is 1. The summed E-state index contributed by atoms with van der Waals surface area (Å²) in [6, 6.07) is 13.1. The number of hydrogen-bond donors (Lipinski definition) is 1. The molecule has 1 amide bonds. The van der Waals surface area contributed by atoms with Crippen LogP contribution in [0.15, 0.2) is 70.3 Å². The lowest BCUT2D eigenvalue weighted by Crippen LogP contribution is -2.31. The van der Waals surface area contributed by atoms with E-state index < -0.39 is 29.3 Å². The minimum atomic E-state index is -1.03. The van der Waals surface area contributed by atoms with E-state index in [2.05, 4.69) is 4.98 Å². The maximum absolute atomic E-state index is 13.7. The van der Waals surface area contributed by atoms with Gasteiger partial charge in [-0.2, -0.15) is 0 Å². The van der Waals surface area contributed by atoms with Crippen molar-refractivity contribution >= 4 is 38.4 Å². The number of benzene rings is 2. The molecule has 0 bridgehead atoms. The lowest BCUT2D eigenvalue weighted by Gasteiger charge is -2.25. The van der Waals surface area contributed by atoms with Gasteiger partial charge in [0.2, 0.25) is 5.78 Å². The molecule has 2 aromatic carbocycles. The fourth-order valence-electron chi connectivity index (χ4n) is 3.90. The van der Waals surface area contributed by atoms with Gasteiger partial charge in [-0.15, -0.1) is 0 Å². The van der Waals surface area contributed by atoms with Crippen LogP contribution in [-0.4, -0.2) is 28.9 Å². The third-order valence-electron chi connectivity index (χ3n) is 5.40. The first-order valence-corrected chi connectivity index (χ1v) is 10.8. The molecule has 4 aromatic rings. The summed E-state index contributed by atoms with van der Waals surface area (Å²) >= 11 is 1.08. The Bertz CT molecular complexity index is 1450. The standard InChI is InChI=1S/C24H17FN2O5S/c1-12-7-10-17(32-12)21(28)19-20(14-5-3-4-6-16(14)31-2)27(23(30)22(19)29)24-26-15-9-8-13(25)11-18(15)33-24/h3-11,20,29H,1-2H3/t20-/m0/s1. The first-order chi connectivity index (χ1) is 15.9. The molecule has 1 atom stereocenters. The van der Waals surface area contributed by atoms with E-state index in [1.54, 1.807) is 37.3 Å². The van der Waals surface area contributed by atoms with E-state index in [1.165, 1.54) is 36.3 Å². The number of anilines is 1. The van der Waals surface area contributed by atoms with Crippen LogP contribution >= 0.6 is 11.3 Å². The molecule has 33 heavy (non-hydrogen) atoms. The van der Waals surface area contributed by atoms with E-state index in [1.807, 2.05) is 0 Å². The fourth-order valence-corrected chi connectivity index (χ4v) is 4.92. The minimum absolute atomic E-state index is 0.00466. The predicted molar refractivity (Wildman–Crippen MR) is 120 cm³/mol. The number of furan rings is 1. The number of aliphatic hydroxyl groups is 1. The SMILES string of the molecule is COc1ccccc1[C@H]1C(C(=O)c2ccc(C)o2)=C(O)C(=O)N1c1nc2ccc(F)cc2s1. The second-order valence-electron chi connectivity index (χ2n) is 7.43. The number of halogens is 1. The van der Waals surface area contributed by atoms with Crippen LogP contribution in [0.5, 0.6) is 5.75 Å². The summed E-state index contributed by atoms with van der Waals surface area (Å²) in [5, 5.41) is 11.1. The van der Waals surface area contributed by atoms with Crippen LogP contribution in [0.3, 0.4) is 0 Å². The Morgan fingerprint density at radius 3 is 2.73 bits per heavy atom. The molecular weight excluding hydrogens is 447 g/mol. The summed E-state index contributed by atoms with van der Waals surface area (Å²) in [6.07, 6.45) is 0. The van der Waals surface area contributed by atoms with Crippen LogP contribution in [0.2, 0.25) is 0 Å². The molecule has 7 nitrogen and oxygen atoms in total. The average Bonchev–Trinajstić information content (AvgIpc) is 3.49. The average molecular weight is 464 g/mol. The fraction of sp³-hybridized carbons (Fsp3) is 0.125. The maximum atomic E-state index is 13.7. The number of carbonyl (C=O) groups excluding carboxylic acids is 2. The van der Waals surface area contributed by atoms with Crippen molar-refractivity contribution in [2.45, 2.75) is 13.0 Å². The number of methoxy groups -OCH3 is 1. The van der Waals surface area contributed by atoms with Crippen LogP contribution in [0.1, 0.15) is 27.9 Å². The Kier molecular flexibility index (Phi) is 4.98. The van der Waals surface area contributed by atoms with Crippen molar-refractivity contribution < 1.29 is 28.2 Å². The summed E-state index contributed by atoms with van der Waals surface area (Å²) in [4.78, 5) is 32.4. The van der Waals surface area contributed by atoms with Crippen molar-refractivity contribution in [1.82, 2.24) is 4.98 Å². The molecule has 9 heteroatoms. The number of ketones is 1. The van der Waals surface area contributed by atoms with Gasteiger partial charge in [0.1, 0.15) is 23.4 Å². The normalized spacial score (nSPS) is 16.2. The molecule has 3 heterocycles. The quantitative estimate of drug-likeness (QED) is 0.412. The first kappa shape index (κ1) is 20.9. The van der Waals surface area contributed by atoms with Crippen molar-refractivity contribution in [2.24, 2.45) is 0 Å². The molecular formula is C24H17FN2O5S. The Morgan fingerprint density at radius 2 is 2.00 bits per heavy atom. The van der Waals surface area contributed by atoms with Gasteiger partial charge in [-0.3, -0.25) is 14.5 Å². The van der Waals surface area contributed by atoms with Gasteiger partial charge in [0.15, 0.2) is 16.7 Å². The Balaban J connectivity index is 1.71. The number of Topliss-reactive ketones (excluding diaryl/α,β-unsaturated/α-hetero) is 1. The Hall–Kier alpha value is -3.98.